The van der Waals surface area contributed by atoms with Crippen LogP contribution in [0.2, 0.25) is 0 Å². The van der Waals surface area contributed by atoms with E-state index in [-0.39, 0.29) is 0 Å². The smallest absolute Gasteiger partial charge is 0.336 e. The minimum absolute atomic E-state index is 0.425. The number of rotatable bonds is 3. The van der Waals surface area contributed by atoms with Crippen LogP contribution in [0.15, 0.2) is 12.1 Å². The zero-order chi connectivity index (χ0) is 11.6. The molecule has 2 N–H and O–H groups in total. The first-order chi connectivity index (χ1) is 6.97. The van der Waals surface area contributed by atoms with Crippen LogP contribution in [0.1, 0.15) is 20.7 Å². The van der Waals surface area contributed by atoms with Crippen LogP contribution in [0.4, 0.5) is 4.39 Å². The Hall–Kier alpha value is -1.38. The Morgan fingerprint density at radius 1 is 1.20 bits per heavy atom. The Morgan fingerprint density at radius 2 is 1.80 bits per heavy atom. The molecule has 5 nitrogen and oxygen atoms in total. The lowest BCUT2D eigenvalue weighted by atomic mass is 10.1. The van der Waals surface area contributed by atoms with Gasteiger partial charge in [0, 0.05) is 0 Å². The second kappa shape index (κ2) is 4.43. The van der Waals surface area contributed by atoms with E-state index in [0.29, 0.717) is 6.07 Å². The summed E-state index contributed by atoms with van der Waals surface area (Å²) in [7, 11) is 0. The number of carbonyl (C=O) groups is 2. The summed E-state index contributed by atoms with van der Waals surface area (Å²) in [5.74, 6) is -4.00. The van der Waals surface area contributed by atoms with Crippen molar-refractivity contribution < 1.29 is 27.3 Å². The number of halogens is 2. The van der Waals surface area contributed by atoms with Crippen molar-refractivity contribution in [3.8, 4) is 0 Å². The molecule has 80 valence electrons. The van der Waals surface area contributed by atoms with Gasteiger partial charge in [0.25, 0.3) is 0 Å². The van der Waals surface area contributed by atoms with Gasteiger partial charge in [-0.05, 0) is 12.1 Å². The lowest BCUT2D eigenvalue weighted by Gasteiger charge is -2.02. The average Bonchev–Trinajstić information content (AvgIpc) is 2.16. The van der Waals surface area contributed by atoms with Crippen LogP contribution < -0.4 is 0 Å². The Labute approximate surface area is 93.2 Å². The van der Waals surface area contributed by atoms with Gasteiger partial charge in [0.2, 0.25) is 0 Å². The van der Waals surface area contributed by atoms with Crippen molar-refractivity contribution >= 4 is 33.1 Å². The molecular formula is C8H4FIO5. The van der Waals surface area contributed by atoms with Gasteiger partial charge in [-0.1, -0.05) is 0 Å². The molecule has 0 saturated carbocycles. The summed E-state index contributed by atoms with van der Waals surface area (Å²) < 4.78 is 23.3. The molecule has 0 amide bonds. The first-order valence-corrected chi connectivity index (χ1v) is 5.50. The second-order valence-corrected chi connectivity index (χ2v) is 4.03. The second-order valence-electron chi connectivity index (χ2n) is 2.51. The highest BCUT2D eigenvalue weighted by atomic mass is 127. The SMILES string of the molecule is O=Ic1c(F)cc(C(=O)O)cc1C(=O)O. The van der Waals surface area contributed by atoms with Crippen LogP contribution in [-0.2, 0) is 3.07 Å². The molecule has 15 heavy (non-hydrogen) atoms. The molecule has 0 atom stereocenters. The molecule has 0 heterocycles. The first kappa shape index (κ1) is 11.7. The molecule has 1 aromatic carbocycles. The maximum absolute atomic E-state index is 13.1. The van der Waals surface area contributed by atoms with E-state index in [0.717, 1.165) is 6.07 Å². The normalized spacial score (nSPS) is 9.93. The lowest BCUT2D eigenvalue weighted by Crippen LogP contribution is -2.07. The minimum Gasteiger partial charge on any atom is -0.478 e. The average molecular weight is 326 g/mol. The zero-order valence-electron chi connectivity index (χ0n) is 7.03. The van der Waals surface area contributed by atoms with Crippen molar-refractivity contribution in [2.45, 2.75) is 0 Å². The highest BCUT2D eigenvalue weighted by Gasteiger charge is 2.19. The molecule has 0 bridgehead atoms. The third kappa shape index (κ3) is 2.35. The molecule has 0 unspecified atom stereocenters. The molecule has 0 aliphatic heterocycles. The van der Waals surface area contributed by atoms with E-state index in [1.54, 1.807) is 0 Å². The highest BCUT2D eigenvalue weighted by molar-refractivity contribution is 14.1. The molecule has 0 aliphatic carbocycles. The predicted molar refractivity (Wildman–Crippen MR) is 53.7 cm³/mol. The van der Waals surface area contributed by atoms with E-state index in [9.17, 15) is 17.0 Å². The molecule has 7 heteroatoms. The van der Waals surface area contributed by atoms with Crippen molar-refractivity contribution in [1.29, 1.82) is 0 Å². The largest absolute Gasteiger partial charge is 0.478 e. The van der Waals surface area contributed by atoms with Gasteiger partial charge in [-0.25, -0.2) is 14.0 Å². The molecule has 0 aliphatic rings. The van der Waals surface area contributed by atoms with Gasteiger partial charge in [-0.3, -0.25) is 3.07 Å². The van der Waals surface area contributed by atoms with Crippen molar-refractivity contribution in [2.24, 2.45) is 0 Å². The molecule has 0 saturated heterocycles. The van der Waals surface area contributed by atoms with E-state index < -0.39 is 53.6 Å². The summed E-state index contributed by atoms with van der Waals surface area (Å²) in [6.07, 6.45) is 0. The summed E-state index contributed by atoms with van der Waals surface area (Å²) in [5, 5.41) is 17.2. The fraction of sp³-hybridized carbons (Fsp3) is 0. The van der Waals surface area contributed by atoms with Crippen LogP contribution in [0, 0.1) is 9.39 Å². The van der Waals surface area contributed by atoms with E-state index in [4.69, 9.17) is 10.2 Å². The minimum atomic E-state index is -2.00. The van der Waals surface area contributed by atoms with Crippen LogP contribution in [0.5, 0.6) is 0 Å². The van der Waals surface area contributed by atoms with E-state index in [1.165, 1.54) is 0 Å². The van der Waals surface area contributed by atoms with Crippen molar-refractivity contribution in [2.75, 3.05) is 0 Å². The van der Waals surface area contributed by atoms with Crippen LogP contribution in [-0.4, -0.2) is 22.2 Å². The van der Waals surface area contributed by atoms with Gasteiger partial charge >= 0.3 is 11.9 Å². The fourth-order valence-electron chi connectivity index (χ4n) is 0.947. The third-order valence-corrected chi connectivity index (χ3v) is 3.12. The quantitative estimate of drug-likeness (QED) is 0.825. The summed E-state index contributed by atoms with van der Waals surface area (Å²) in [6, 6.07) is 1.45. The van der Waals surface area contributed by atoms with Crippen molar-refractivity contribution in [3.05, 3.63) is 32.6 Å². The lowest BCUT2D eigenvalue weighted by molar-refractivity contribution is 0.0695. The van der Waals surface area contributed by atoms with Gasteiger partial charge < -0.3 is 10.2 Å². The number of carboxylic acids is 2. The number of benzene rings is 1. The Morgan fingerprint density at radius 3 is 2.20 bits per heavy atom. The van der Waals surface area contributed by atoms with Gasteiger partial charge in [-0.2, -0.15) is 0 Å². The molecule has 0 radical (unpaired) electrons. The molecule has 0 aromatic heterocycles. The number of carboxylic acid groups (broad SMARTS) is 2. The Kier molecular flexibility index (Phi) is 3.45. The molecule has 1 aromatic rings. The van der Waals surface area contributed by atoms with Crippen LogP contribution in [0.25, 0.3) is 0 Å². The van der Waals surface area contributed by atoms with Gasteiger partial charge in [-0.15, -0.1) is 0 Å². The Balaban J connectivity index is 3.52. The summed E-state index contributed by atoms with van der Waals surface area (Å²) in [4.78, 5) is 21.1. The maximum atomic E-state index is 13.1. The summed E-state index contributed by atoms with van der Waals surface area (Å²) in [6.45, 7) is 0. The van der Waals surface area contributed by atoms with E-state index in [2.05, 4.69) is 0 Å². The van der Waals surface area contributed by atoms with E-state index >= 15 is 0 Å². The monoisotopic (exact) mass is 326 g/mol. The van der Waals surface area contributed by atoms with Gasteiger partial charge in [0.15, 0.2) is 21.2 Å². The van der Waals surface area contributed by atoms with Crippen LogP contribution >= 0.6 is 21.2 Å². The fourth-order valence-corrected chi connectivity index (χ4v) is 1.94. The predicted octanol–water partition coefficient (Wildman–Crippen LogP) is 1.71. The molecular weight excluding hydrogens is 322 g/mol. The van der Waals surface area contributed by atoms with Gasteiger partial charge in [0.05, 0.1) is 14.7 Å². The standard InChI is InChI=1S/C8H4FIO5/c9-5-2-3(7(11)12)1-4(8(13)14)6(5)10-15/h1-2H,(H,11,12)(H,13,14). The molecule has 0 fully saturated rings. The van der Waals surface area contributed by atoms with E-state index in [1.807, 2.05) is 0 Å². The summed E-state index contributed by atoms with van der Waals surface area (Å²) >= 11 is -2.00. The Bertz CT molecular complexity index is 457. The van der Waals surface area contributed by atoms with Crippen LogP contribution in [0.3, 0.4) is 0 Å². The topological polar surface area (TPSA) is 91.7 Å². The highest BCUT2D eigenvalue weighted by Crippen LogP contribution is 2.22. The van der Waals surface area contributed by atoms with Gasteiger partial charge in [0.1, 0.15) is 5.82 Å². The molecule has 0 spiro atoms. The van der Waals surface area contributed by atoms with Crippen molar-refractivity contribution in [3.63, 3.8) is 0 Å². The van der Waals surface area contributed by atoms with Crippen molar-refractivity contribution in [1.82, 2.24) is 0 Å². The molecule has 1 rings (SSSR count). The third-order valence-electron chi connectivity index (χ3n) is 1.58. The first-order valence-electron chi connectivity index (χ1n) is 3.54. The zero-order valence-corrected chi connectivity index (χ0v) is 9.19. The maximum Gasteiger partial charge on any atom is 0.336 e. The summed E-state index contributed by atoms with van der Waals surface area (Å²) in [5.41, 5.74) is -1.04. The number of aromatic carboxylic acids is 2. The number of hydrogen-bond donors (Lipinski definition) is 2. The number of hydrogen-bond acceptors (Lipinski definition) is 3.